The van der Waals surface area contributed by atoms with Crippen LogP contribution in [0.4, 0.5) is 5.69 Å². The van der Waals surface area contributed by atoms with E-state index in [9.17, 15) is 0 Å². The first-order valence-corrected chi connectivity index (χ1v) is 9.07. The zero-order chi connectivity index (χ0) is 14.6. The summed E-state index contributed by atoms with van der Waals surface area (Å²) < 4.78 is 1.07. The maximum Gasteiger partial charge on any atom is 0.0357 e. The molecule has 0 fully saturated rings. The lowest BCUT2D eigenvalue weighted by molar-refractivity contribution is 0.556. The quantitative estimate of drug-likeness (QED) is 0.361. The van der Waals surface area contributed by atoms with E-state index >= 15 is 0 Å². The molecule has 0 aliphatic rings. The van der Waals surface area contributed by atoms with Gasteiger partial charge in [-0.2, -0.15) is 0 Å². The summed E-state index contributed by atoms with van der Waals surface area (Å²) >= 11 is 3.45. The first kappa shape index (κ1) is 17.6. The maximum absolute atomic E-state index is 6.01. The zero-order valence-electron chi connectivity index (χ0n) is 13.0. The van der Waals surface area contributed by atoms with Gasteiger partial charge in [-0.25, -0.2) is 0 Å². The van der Waals surface area contributed by atoms with E-state index in [2.05, 4.69) is 35.0 Å². The number of benzene rings is 1. The van der Waals surface area contributed by atoms with Crippen molar-refractivity contribution < 1.29 is 0 Å². The van der Waals surface area contributed by atoms with Gasteiger partial charge in [0.1, 0.15) is 0 Å². The minimum Gasteiger partial charge on any atom is -0.398 e. The van der Waals surface area contributed by atoms with E-state index in [4.69, 9.17) is 5.73 Å². The van der Waals surface area contributed by atoms with Crippen LogP contribution in [0.5, 0.6) is 0 Å². The van der Waals surface area contributed by atoms with Gasteiger partial charge in [0.05, 0.1) is 0 Å². The number of halogens is 1. The fraction of sp³-hybridized carbons (Fsp3) is 0.667. The van der Waals surface area contributed by atoms with Gasteiger partial charge in [0.2, 0.25) is 0 Å². The molecule has 1 aromatic rings. The van der Waals surface area contributed by atoms with Gasteiger partial charge in [0.15, 0.2) is 0 Å². The third kappa shape index (κ3) is 7.94. The third-order valence-corrected chi connectivity index (χ3v) is 4.40. The van der Waals surface area contributed by atoms with Gasteiger partial charge < -0.3 is 5.73 Å². The Labute approximate surface area is 133 Å². The number of anilines is 1. The molecule has 0 atom stereocenters. The largest absolute Gasteiger partial charge is 0.398 e. The zero-order valence-corrected chi connectivity index (χ0v) is 14.6. The van der Waals surface area contributed by atoms with Crippen molar-refractivity contribution in [3.05, 3.63) is 28.2 Å². The Morgan fingerprint density at radius 3 is 1.95 bits per heavy atom. The summed E-state index contributed by atoms with van der Waals surface area (Å²) in [5.74, 6) is 0. The second-order valence-electron chi connectivity index (χ2n) is 5.78. The first-order chi connectivity index (χ1) is 9.74. The van der Waals surface area contributed by atoms with Crippen LogP contribution in [0.1, 0.15) is 76.7 Å². The number of hydrogen-bond acceptors (Lipinski definition) is 1. The number of rotatable bonds is 11. The average Bonchev–Trinajstić information content (AvgIpc) is 2.43. The van der Waals surface area contributed by atoms with Crippen LogP contribution in [0, 0.1) is 0 Å². The molecule has 0 bridgehead atoms. The van der Waals surface area contributed by atoms with E-state index in [0.717, 1.165) is 16.6 Å². The molecule has 1 aromatic carbocycles. The van der Waals surface area contributed by atoms with Gasteiger partial charge in [-0.15, -0.1) is 0 Å². The number of hydrogen-bond donors (Lipinski definition) is 1. The Kier molecular flexibility index (Phi) is 9.82. The van der Waals surface area contributed by atoms with Gasteiger partial charge in [0, 0.05) is 10.2 Å². The van der Waals surface area contributed by atoms with Crippen molar-refractivity contribution >= 4 is 21.6 Å². The standard InChI is InChI=1S/C18H30BrN/c1-2-3-4-5-6-7-8-9-10-11-12-16-13-14-17(19)15-18(16)20/h13-15H,2-12,20H2,1H3. The third-order valence-electron chi connectivity index (χ3n) is 3.91. The first-order valence-electron chi connectivity index (χ1n) is 8.28. The van der Waals surface area contributed by atoms with Crippen molar-refractivity contribution in [3.63, 3.8) is 0 Å². The highest BCUT2D eigenvalue weighted by Gasteiger charge is 2.00. The molecule has 2 N–H and O–H groups in total. The highest BCUT2D eigenvalue weighted by atomic mass is 79.9. The van der Waals surface area contributed by atoms with Crippen molar-refractivity contribution in [2.45, 2.75) is 77.6 Å². The maximum atomic E-state index is 6.01. The summed E-state index contributed by atoms with van der Waals surface area (Å²) in [7, 11) is 0. The second kappa shape index (κ2) is 11.2. The van der Waals surface area contributed by atoms with E-state index < -0.39 is 0 Å². The Morgan fingerprint density at radius 1 is 0.850 bits per heavy atom. The van der Waals surface area contributed by atoms with E-state index in [1.54, 1.807) is 0 Å². The van der Waals surface area contributed by atoms with Crippen LogP contribution in [0.15, 0.2) is 22.7 Å². The normalized spacial score (nSPS) is 10.9. The molecule has 0 aliphatic carbocycles. The van der Waals surface area contributed by atoms with Crippen molar-refractivity contribution in [3.8, 4) is 0 Å². The number of nitrogens with two attached hydrogens (primary N) is 1. The molecule has 0 saturated carbocycles. The molecule has 1 nitrogen and oxygen atoms in total. The lowest BCUT2D eigenvalue weighted by atomic mass is 10.0. The van der Waals surface area contributed by atoms with Crippen LogP contribution in [-0.4, -0.2) is 0 Å². The molecule has 0 heterocycles. The summed E-state index contributed by atoms with van der Waals surface area (Å²) in [5, 5.41) is 0. The lowest BCUT2D eigenvalue weighted by Gasteiger charge is -2.06. The van der Waals surface area contributed by atoms with Crippen LogP contribution < -0.4 is 5.73 Å². The highest BCUT2D eigenvalue weighted by molar-refractivity contribution is 9.10. The molecule has 0 amide bonds. The molecule has 0 aromatic heterocycles. The van der Waals surface area contributed by atoms with Crippen molar-refractivity contribution in [2.24, 2.45) is 0 Å². The van der Waals surface area contributed by atoms with Gasteiger partial charge in [0.25, 0.3) is 0 Å². The van der Waals surface area contributed by atoms with Crippen LogP contribution in [-0.2, 0) is 6.42 Å². The summed E-state index contributed by atoms with van der Waals surface area (Å²) in [6.07, 6.45) is 15.0. The molecule has 0 radical (unpaired) electrons. The predicted molar refractivity (Wildman–Crippen MR) is 94.1 cm³/mol. The molecule has 1 rings (SSSR count). The molecular weight excluding hydrogens is 310 g/mol. The van der Waals surface area contributed by atoms with Crippen LogP contribution in [0.3, 0.4) is 0 Å². The molecule has 0 spiro atoms. The predicted octanol–water partition coefficient (Wildman–Crippen LogP) is 6.49. The Bertz CT molecular complexity index is 362. The van der Waals surface area contributed by atoms with Crippen LogP contribution >= 0.6 is 15.9 Å². The fourth-order valence-electron chi connectivity index (χ4n) is 2.60. The van der Waals surface area contributed by atoms with Gasteiger partial charge in [-0.05, 0) is 30.5 Å². The van der Waals surface area contributed by atoms with Crippen molar-refractivity contribution in [1.82, 2.24) is 0 Å². The van der Waals surface area contributed by atoms with E-state index in [0.29, 0.717) is 0 Å². The second-order valence-corrected chi connectivity index (χ2v) is 6.69. The molecule has 0 saturated heterocycles. The molecule has 0 aliphatic heterocycles. The van der Waals surface area contributed by atoms with Crippen molar-refractivity contribution in [2.75, 3.05) is 5.73 Å². The average molecular weight is 340 g/mol. The van der Waals surface area contributed by atoms with E-state index in [1.807, 2.05) is 6.07 Å². The van der Waals surface area contributed by atoms with Crippen molar-refractivity contribution in [1.29, 1.82) is 0 Å². The summed E-state index contributed by atoms with van der Waals surface area (Å²) in [6, 6.07) is 6.24. The summed E-state index contributed by atoms with van der Waals surface area (Å²) in [4.78, 5) is 0. The number of aryl methyl sites for hydroxylation is 1. The molecule has 0 unspecified atom stereocenters. The summed E-state index contributed by atoms with van der Waals surface area (Å²) in [6.45, 7) is 2.28. The summed E-state index contributed by atoms with van der Waals surface area (Å²) in [5.41, 5.74) is 8.24. The topological polar surface area (TPSA) is 26.0 Å². The number of nitrogen functional groups attached to an aromatic ring is 1. The number of unbranched alkanes of at least 4 members (excludes halogenated alkanes) is 9. The Morgan fingerprint density at radius 2 is 1.40 bits per heavy atom. The minimum atomic E-state index is 0.926. The molecule has 114 valence electrons. The highest BCUT2D eigenvalue weighted by Crippen LogP contribution is 2.20. The Balaban J connectivity index is 1.97. The molecule has 20 heavy (non-hydrogen) atoms. The smallest absolute Gasteiger partial charge is 0.0357 e. The SMILES string of the molecule is CCCCCCCCCCCCc1ccc(Br)cc1N. The van der Waals surface area contributed by atoms with E-state index in [-0.39, 0.29) is 0 Å². The molecular formula is C18H30BrN. The fourth-order valence-corrected chi connectivity index (χ4v) is 2.98. The van der Waals surface area contributed by atoms with Crippen LogP contribution in [0.25, 0.3) is 0 Å². The minimum absolute atomic E-state index is 0.926. The monoisotopic (exact) mass is 339 g/mol. The van der Waals surface area contributed by atoms with Gasteiger partial charge >= 0.3 is 0 Å². The van der Waals surface area contributed by atoms with Gasteiger partial charge in [-0.1, -0.05) is 86.7 Å². The lowest BCUT2D eigenvalue weighted by Crippen LogP contribution is -1.94. The molecule has 2 heteroatoms. The Hall–Kier alpha value is -0.500. The van der Waals surface area contributed by atoms with E-state index in [1.165, 1.54) is 69.8 Å². The van der Waals surface area contributed by atoms with Crippen LogP contribution in [0.2, 0.25) is 0 Å². The van der Waals surface area contributed by atoms with Gasteiger partial charge in [-0.3, -0.25) is 0 Å².